The number of carbonyl (C=O) groups is 2. The number of amides is 2. The summed E-state index contributed by atoms with van der Waals surface area (Å²) in [7, 11) is 0. The highest BCUT2D eigenvalue weighted by Crippen LogP contribution is 2.30. The molecule has 1 aromatic heterocycles. The number of para-hydroxylation sites is 3. The molecule has 2 amide bonds. The fourth-order valence-corrected chi connectivity index (χ4v) is 4.35. The lowest BCUT2D eigenvalue weighted by molar-refractivity contribution is -0.120. The zero-order valence-electron chi connectivity index (χ0n) is 16.1. The minimum absolute atomic E-state index is 0.0292. The van der Waals surface area contributed by atoms with Crippen molar-refractivity contribution < 1.29 is 9.59 Å². The monoisotopic (exact) mass is 408 g/mol. The highest BCUT2D eigenvalue weighted by molar-refractivity contribution is 7.99. The van der Waals surface area contributed by atoms with Gasteiger partial charge < -0.3 is 10.2 Å². The van der Waals surface area contributed by atoms with Crippen molar-refractivity contribution in [2.75, 3.05) is 22.5 Å². The Labute approximate surface area is 171 Å². The maximum atomic E-state index is 12.9. The number of anilines is 2. The van der Waals surface area contributed by atoms with Crippen molar-refractivity contribution in [3.8, 4) is 0 Å². The number of benzene rings is 2. The molecule has 1 aliphatic rings. The van der Waals surface area contributed by atoms with Crippen molar-refractivity contribution in [1.82, 2.24) is 9.55 Å². The highest BCUT2D eigenvalue weighted by Gasteiger charge is 2.27. The van der Waals surface area contributed by atoms with Gasteiger partial charge in [-0.25, -0.2) is 4.98 Å². The van der Waals surface area contributed by atoms with Gasteiger partial charge in [0.15, 0.2) is 5.16 Å². The van der Waals surface area contributed by atoms with E-state index in [-0.39, 0.29) is 35.7 Å². The first kappa shape index (κ1) is 19.2. The zero-order valence-corrected chi connectivity index (χ0v) is 16.9. The standard InChI is InChI=1S/C21H20N4O3S/c1-13(2)25-20(28)14-7-3-4-8-15(14)23-21(25)29-12-19(27)24-11-18(26)22-16-9-5-6-10-17(16)24/h3-10,13H,11-12H2,1-2H3,(H,22,26). The van der Waals surface area contributed by atoms with Crippen LogP contribution >= 0.6 is 11.8 Å². The molecule has 0 unspecified atom stereocenters. The first-order chi connectivity index (χ1) is 14.0. The molecule has 1 aliphatic heterocycles. The molecule has 148 valence electrons. The van der Waals surface area contributed by atoms with Gasteiger partial charge in [0, 0.05) is 6.04 Å². The number of hydrogen-bond acceptors (Lipinski definition) is 5. The van der Waals surface area contributed by atoms with Gasteiger partial charge in [-0.2, -0.15) is 0 Å². The van der Waals surface area contributed by atoms with E-state index < -0.39 is 0 Å². The van der Waals surface area contributed by atoms with Crippen LogP contribution in [0.25, 0.3) is 10.9 Å². The number of nitrogens with one attached hydrogen (secondary N) is 1. The smallest absolute Gasteiger partial charge is 0.262 e. The number of thioether (sulfide) groups is 1. The predicted octanol–water partition coefficient (Wildman–Crippen LogP) is 3.05. The van der Waals surface area contributed by atoms with Crippen molar-refractivity contribution in [2.24, 2.45) is 0 Å². The SMILES string of the molecule is CC(C)n1c(SCC(=O)N2CC(=O)Nc3ccccc32)nc2ccccc2c1=O. The molecule has 0 bridgehead atoms. The minimum Gasteiger partial charge on any atom is -0.323 e. The molecule has 0 saturated heterocycles. The van der Waals surface area contributed by atoms with Crippen LogP contribution in [0, 0.1) is 0 Å². The Kier molecular flexibility index (Phi) is 5.10. The van der Waals surface area contributed by atoms with E-state index in [1.54, 1.807) is 28.8 Å². The second-order valence-electron chi connectivity index (χ2n) is 7.01. The molecule has 3 aromatic rings. The van der Waals surface area contributed by atoms with Gasteiger partial charge >= 0.3 is 0 Å². The maximum Gasteiger partial charge on any atom is 0.262 e. The van der Waals surface area contributed by atoms with Crippen LogP contribution in [-0.4, -0.2) is 33.7 Å². The van der Waals surface area contributed by atoms with Crippen LogP contribution < -0.4 is 15.8 Å². The van der Waals surface area contributed by atoms with Gasteiger partial charge in [0.25, 0.3) is 5.56 Å². The summed E-state index contributed by atoms with van der Waals surface area (Å²) in [6, 6.07) is 14.3. The normalized spacial score (nSPS) is 13.5. The number of nitrogens with zero attached hydrogens (tertiary/aromatic N) is 3. The Morgan fingerprint density at radius 2 is 1.86 bits per heavy atom. The second-order valence-corrected chi connectivity index (χ2v) is 7.96. The molecule has 29 heavy (non-hydrogen) atoms. The summed E-state index contributed by atoms with van der Waals surface area (Å²) in [6.45, 7) is 3.79. The quantitative estimate of drug-likeness (QED) is 0.530. The van der Waals surface area contributed by atoms with Crippen LogP contribution in [0.2, 0.25) is 0 Å². The van der Waals surface area contributed by atoms with Gasteiger partial charge in [-0.15, -0.1) is 0 Å². The lowest BCUT2D eigenvalue weighted by Gasteiger charge is -2.29. The van der Waals surface area contributed by atoms with Crippen molar-refractivity contribution in [3.05, 3.63) is 58.9 Å². The van der Waals surface area contributed by atoms with Gasteiger partial charge in [0.1, 0.15) is 6.54 Å². The highest BCUT2D eigenvalue weighted by atomic mass is 32.2. The molecule has 2 aromatic carbocycles. The molecule has 8 heteroatoms. The van der Waals surface area contributed by atoms with E-state index in [9.17, 15) is 14.4 Å². The fourth-order valence-electron chi connectivity index (χ4n) is 3.34. The van der Waals surface area contributed by atoms with E-state index in [2.05, 4.69) is 10.3 Å². The summed E-state index contributed by atoms with van der Waals surface area (Å²) in [4.78, 5) is 43.9. The predicted molar refractivity (Wildman–Crippen MR) is 115 cm³/mol. The maximum absolute atomic E-state index is 12.9. The molecule has 0 atom stereocenters. The third kappa shape index (κ3) is 3.63. The van der Waals surface area contributed by atoms with Crippen molar-refractivity contribution in [3.63, 3.8) is 0 Å². The second kappa shape index (κ2) is 7.71. The zero-order chi connectivity index (χ0) is 20.5. The Morgan fingerprint density at radius 3 is 2.66 bits per heavy atom. The van der Waals surface area contributed by atoms with E-state index in [1.165, 1.54) is 16.7 Å². The lowest BCUT2D eigenvalue weighted by atomic mass is 10.2. The molecule has 0 radical (unpaired) electrons. The molecular weight excluding hydrogens is 388 g/mol. The molecule has 4 rings (SSSR count). The summed E-state index contributed by atoms with van der Waals surface area (Å²) >= 11 is 1.21. The van der Waals surface area contributed by atoms with E-state index in [0.717, 1.165) is 0 Å². The summed E-state index contributed by atoms with van der Waals surface area (Å²) in [5, 5.41) is 3.82. The molecule has 0 fully saturated rings. The number of fused-ring (bicyclic) bond motifs is 2. The summed E-state index contributed by atoms with van der Waals surface area (Å²) in [6.07, 6.45) is 0. The van der Waals surface area contributed by atoms with Crippen molar-refractivity contribution >= 4 is 45.9 Å². The molecule has 0 aliphatic carbocycles. The molecule has 7 nitrogen and oxygen atoms in total. The van der Waals surface area contributed by atoms with Crippen LogP contribution in [-0.2, 0) is 9.59 Å². The molecular formula is C21H20N4O3S. The number of hydrogen-bond donors (Lipinski definition) is 1. The van der Waals surface area contributed by atoms with E-state index in [0.29, 0.717) is 27.4 Å². The van der Waals surface area contributed by atoms with E-state index in [4.69, 9.17) is 0 Å². The van der Waals surface area contributed by atoms with Crippen LogP contribution in [0.1, 0.15) is 19.9 Å². The number of aromatic nitrogens is 2. The van der Waals surface area contributed by atoms with Crippen molar-refractivity contribution in [1.29, 1.82) is 0 Å². The van der Waals surface area contributed by atoms with Crippen LogP contribution in [0.4, 0.5) is 11.4 Å². The van der Waals surface area contributed by atoms with Gasteiger partial charge in [-0.1, -0.05) is 36.0 Å². The van der Waals surface area contributed by atoms with E-state index in [1.807, 2.05) is 38.1 Å². The average Bonchev–Trinajstić information content (AvgIpc) is 2.71. The third-order valence-corrected chi connectivity index (χ3v) is 5.63. The van der Waals surface area contributed by atoms with Gasteiger partial charge in [-0.3, -0.25) is 19.0 Å². The summed E-state index contributed by atoms with van der Waals surface area (Å²) in [5.41, 5.74) is 1.77. The van der Waals surface area contributed by atoms with E-state index >= 15 is 0 Å². The Balaban J connectivity index is 1.63. The first-order valence-corrected chi connectivity index (χ1v) is 10.3. The van der Waals surface area contributed by atoms with Crippen LogP contribution in [0.15, 0.2) is 58.5 Å². The molecule has 0 saturated carbocycles. The van der Waals surface area contributed by atoms with Crippen molar-refractivity contribution in [2.45, 2.75) is 25.0 Å². The Hall–Kier alpha value is -3.13. The van der Waals surface area contributed by atoms with Crippen LogP contribution in [0.3, 0.4) is 0 Å². The van der Waals surface area contributed by atoms with Gasteiger partial charge in [-0.05, 0) is 38.1 Å². The lowest BCUT2D eigenvalue weighted by Crippen LogP contribution is -2.43. The summed E-state index contributed by atoms with van der Waals surface area (Å²) in [5.74, 6) is -0.376. The summed E-state index contributed by atoms with van der Waals surface area (Å²) < 4.78 is 1.61. The van der Waals surface area contributed by atoms with Gasteiger partial charge in [0.2, 0.25) is 11.8 Å². The molecule has 2 heterocycles. The minimum atomic E-state index is -0.232. The Bertz CT molecular complexity index is 1170. The van der Waals surface area contributed by atoms with Gasteiger partial charge in [0.05, 0.1) is 28.0 Å². The van der Waals surface area contributed by atoms with Crippen LogP contribution in [0.5, 0.6) is 0 Å². The number of rotatable bonds is 4. The first-order valence-electron chi connectivity index (χ1n) is 9.29. The number of carbonyl (C=O) groups excluding carboxylic acids is 2. The topological polar surface area (TPSA) is 84.3 Å². The average molecular weight is 408 g/mol. The largest absolute Gasteiger partial charge is 0.323 e. The molecule has 1 N–H and O–H groups in total. The fraction of sp³-hybridized carbons (Fsp3) is 0.238. The third-order valence-electron chi connectivity index (χ3n) is 4.69. The molecule has 0 spiro atoms. The Morgan fingerprint density at radius 1 is 1.14 bits per heavy atom.